The molecule has 1 fully saturated rings. The Morgan fingerprint density at radius 2 is 2.12 bits per heavy atom. The van der Waals surface area contributed by atoms with E-state index < -0.39 is 18.1 Å². The van der Waals surface area contributed by atoms with Crippen molar-refractivity contribution in [3.8, 4) is 0 Å². The Morgan fingerprint density at radius 3 is 2.56 bits per heavy atom. The zero-order valence-corrected chi connectivity index (χ0v) is 9.39. The molecule has 1 rings (SSSR count). The van der Waals surface area contributed by atoms with Crippen LogP contribution in [-0.2, 0) is 4.79 Å². The van der Waals surface area contributed by atoms with Crippen molar-refractivity contribution in [1.82, 2.24) is 4.90 Å². The number of alkyl halides is 4. The second-order valence-electron chi connectivity index (χ2n) is 3.88. The molecule has 0 aromatic carbocycles. The van der Waals surface area contributed by atoms with E-state index in [2.05, 4.69) is 0 Å². The molecule has 0 radical (unpaired) electrons. The standard InChI is InChI=1S/C9H14ClF3N2O/c10-3-1-8(16)15-4-2-6(7(14)5-15)9(11,12)13/h6-7H,1-5,14H2. The maximum atomic E-state index is 12.5. The molecule has 0 aromatic heterocycles. The van der Waals surface area contributed by atoms with Gasteiger partial charge in [0.15, 0.2) is 0 Å². The van der Waals surface area contributed by atoms with Gasteiger partial charge in [0.05, 0.1) is 5.92 Å². The summed E-state index contributed by atoms with van der Waals surface area (Å²) in [6.45, 7) is 0.0630. The monoisotopic (exact) mass is 258 g/mol. The van der Waals surface area contributed by atoms with Crippen LogP contribution >= 0.6 is 11.6 Å². The predicted octanol–water partition coefficient (Wildman–Crippen LogP) is 1.35. The van der Waals surface area contributed by atoms with Crippen molar-refractivity contribution in [2.24, 2.45) is 11.7 Å². The third kappa shape index (κ3) is 3.25. The summed E-state index contributed by atoms with van der Waals surface area (Å²) < 4.78 is 37.4. The highest BCUT2D eigenvalue weighted by atomic mass is 35.5. The van der Waals surface area contributed by atoms with Crippen LogP contribution in [0, 0.1) is 5.92 Å². The van der Waals surface area contributed by atoms with E-state index in [0.717, 1.165) is 0 Å². The summed E-state index contributed by atoms with van der Waals surface area (Å²) in [5.41, 5.74) is 5.44. The Kier molecular flexibility index (Phi) is 4.43. The summed E-state index contributed by atoms with van der Waals surface area (Å²) in [6.07, 6.45) is -4.26. The van der Waals surface area contributed by atoms with Crippen molar-refractivity contribution < 1.29 is 18.0 Å². The van der Waals surface area contributed by atoms with Crippen LogP contribution in [0.25, 0.3) is 0 Å². The van der Waals surface area contributed by atoms with Crippen molar-refractivity contribution in [2.75, 3.05) is 19.0 Å². The first-order chi connectivity index (χ1) is 7.36. The van der Waals surface area contributed by atoms with Crippen LogP contribution in [0.4, 0.5) is 13.2 Å². The van der Waals surface area contributed by atoms with Gasteiger partial charge >= 0.3 is 6.18 Å². The fourth-order valence-electron chi connectivity index (χ4n) is 1.85. The van der Waals surface area contributed by atoms with E-state index in [1.807, 2.05) is 0 Å². The number of carbonyl (C=O) groups is 1. The van der Waals surface area contributed by atoms with Crippen LogP contribution in [0.1, 0.15) is 12.8 Å². The maximum absolute atomic E-state index is 12.5. The molecule has 0 aliphatic carbocycles. The van der Waals surface area contributed by atoms with Gasteiger partial charge in [0.25, 0.3) is 0 Å². The van der Waals surface area contributed by atoms with E-state index in [4.69, 9.17) is 17.3 Å². The molecule has 1 amide bonds. The van der Waals surface area contributed by atoms with Gasteiger partial charge < -0.3 is 10.6 Å². The highest BCUT2D eigenvalue weighted by molar-refractivity contribution is 6.18. The van der Waals surface area contributed by atoms with Gasteiger partial charge in [0, 0.05) is 31.4 Å². The summed E-state index contributed by atoms with van der Waals surface area (Å²) in [4.78, 5) is 12.8. The Hall–Kier alpha value is -0.490. The Labute approximate surface area is 96.7 Å². The largest absolute Gasteiger partial charge is 0.393 e. The topological polar surface area (TPSA) is 46.3 Å². The number of halogens is 4. The Balaban J connectivity index is 2.55. The van der Waals surface area contributed by atoms with Gasteiger partial charge in [0.1, 0.15) is 0 Å². The maximum Gasteiger partial charge on any atom is 0.393 e. The van der Waals surface area contributed by atoms with Crippen LogP contribution < -0.4 is 5.73 Å². The van der Waals surface area contributed by atoms with Crippen molar-refractivity contribution in [3.63, 3.8) is 0 Å². The molecule has 1 heterocycles. The molecule has 0 saturated carbocycles. The number of piperidine rings is 1. The quantitative estimate of drug-likeness (QED) is 0.760. The van der Waals surface area contributed by atoms with E-state index in [-0.39, 0.29) is 37.7 Å². The van der Waals surface area contributed by atoms with Gasteiger partial charge in [-0.25, -0.2) is 0 Å². The zero-order valence-electron chi connectivity index (χ0n) is 8.63. The molecule has 3 nitrogen and oxygen atoms in total. The Morgan fingerprint density at radius 1 is 1.50 bits per heavy atom. The third-order valence-electron chi connectivity index (χ3n) is 2.74. The zero-order chi connectivity index (χ0) is 12.3. The van der Waals surface area contributed by atoms with Crippen molar-refractivity contribution >= 4 is 17.5 Å². The minimum Gasteiger partial charge on any atom is -0.341 e. The Bertz CT molecular complexity index is 260. The molecule has 2 atom stereocenters. The summed E-state index contributed by atoms with van der Waals surface area (Å²) in [5, 5.41) is 0. The van der Waals surface area contributed by atoms with Gasteiger partial charge in [-0.3, -0.25) is 4.79 Å². The van der Waals surface area contributed by atoms with E-state index in [0.29, 0.717) is 0 Å². The first-order valence-electron chi connectivity index (χ1n) is 5.02. The lowest BCUT2D eigenvalue weighted by Gasteiger charge is -2.37. The number of amides is 1. The molecular formula is C9H14ClF3N2O. The van der Waals surface area contributed by atoms with Crippen molar-refractivity contribution in [3.05, 3.63) is 0 Å². The second-order valence-corrected chi connectivity index (χ2v) is 4.26. The van der Waals surface area contributed by atoms with E-state index in [9.17, 15) is 18.0 Å². The summed E-state index contributed by atoms with van der Waals surface area (Å²) in [5.74, 6) is -1.56. The highest BCUT2D eigenvalue weighted by Gasteiger charge is 2.46. The molecule has 1 saturated heterocycles. The minimum atomic E-state index is -4.28. The average Bonchev–Trinajstić information content (AvgIpc) is 2.16. The second kappa shape index (κ2) is 5.23. The fraction of sp³-hybridized carbons (Fsp3) is 0.889. The number of nitrogens with two attached hydrogens (primary N) is 1. The first-order valence-corrected chi connectivity index (χ1v) is 5.55. The van der Waals surface area contributed by atoms with E-state index in [1.54, 1.807) is 0 Å². The SMILES string of the molecule is NC1CN(C(=O)CCCl)CCC1C(F)(F)F. The molecule has 94 valence electrons. The minimum absolute atomic E-state index is 0.0418. The number of rotatable bonds is 2. The number of carbonyl (C=O) groups excluding carboxylic acids is 1. The molecule has 16 heavy (non-hydrogen) atoms. The van der Waals surface area contributed by atoms with Crippen LogP contribution in [0.3, 0.4) is 0 Å². The summed E-state index contributed by atoms with van der Waals surface area (Å²) in [7, 11) is 0. The van der Waals surface area contributed by atoms with E-state index >= 15 is 0 Å². The number of likely N-dealkylation sites (tertiary alicyclic amines) is 1. The molecule has 0 aromatic rings. The summed E-state index contributed by atoms with van der Waals surface area (Å²) >= 11 is 5.39. The van der Waals surface area contributed by atoms with Crippen LogP contribution in [-0.4, -0.2) is 42.0 Å². The fourth-order valence-corrected chi connectivity index (χ4v) is 2.02. The number of hydrogen-bond acceptors (Lipinski definition) is 2. The van der Waals surface area contributed by atoms with Crippen molar-refractivity contribution in [1.29, 1.82) is 0 Å². The molecule has 2 unspecified atom stereocenters. The van der Waals surface area contributed by atoms with Gasteiger partial charge in [-0.15, -0.1) is 11.6 Å². The molecular weight excluding hydrogens is 245 g/mol. The van der Waals surface area contributed by atoms with Gasteiger partial charge in [0.2, 0.25) is 5.91 Å². The highest BCUT2D eigenvalue weighted by Crippen LogP contribution is 2.33. The average molecular weight is 259 g/mol. The summed E-state index contributed by atoms with van der Waals surface area (Å²) in [6, 6.07) is -1.03. The number of nitrogens with zero attached hydrogens (tertiary/aromatic N) is 1. The van der Waals surface area contributed by atoms with Crippen LogP contribution in [0.5, 0.6) is 0 Å². The molecule has 1 aliphatic rings. The number of hydrogen-bond donors (Lipinski definition) is 1. The normalized spacial score (nSPS) is 26.9. The molecule has 0 spiro atoms. The smallest absolute Gasteiger partial charge is 0.341 e. The molecule has 7 heteroatoms. The molecule has 0 bridgehead atoms. The lowest BCUT2D eigenvalue weighted by atomic mass is 9.91. The van der Waals surface area contributed by atoms with E-state index in [1.165, 1.54) is 4.90 Å². The lowest BCUT2D eigenvalue weighted by molar-refractivity contribution is -0.190. The van der Waals surface area contributed by atoms with Crippen LogP contribution in [0.2, 0.25) is 0 Å². The van der Waals surface area contributed by atoms with Crippen LogP contribution in [0.15, 0.2) is 0 Å². The molecule has 1 aliphatic heterocycles. The van der Waals surface area contributed by atoms with Gasteiger partial charge in [-0.05, 0) is 6.42 Å². The van der Waals surface area contributed by atoms with Gasteiger partial charge in [-0.1, -0.05) is 0 Å². The third-order valence-corrected chi connectivity index (χ3v) is 2.93. The first kappa shape index (κ1) is 13.6. The van der Waals surface area contributed by atoms with Gasteiger partial charge in [-0.2, -0.15) is 13.2 Å². The van der Waals surface area contributed by atoms with Crippen molar-refractivity contribution in [2.45, 2.75) is 25.1 Å². The molecule has 2 N–H and O–H groups in total. The predicted molar refractivity (Wildman–Crippen MR) is 54.1 cm³/mol. The lowest BCUT2D eigenvalue weighted by Crippen LogP contribution is -2.54.